The maximum absolute atomic E-state index is 13.2. The van der Waals surface area contributed by atoms with Crippen molar-refractivity contribution in [1.82, 2.24) is 0 Å². The van der Waals surface area contributed by atoms with Crippen molar-refractivity contribution in [3.05, 3.63) is 41.8 Å². The number of halogens is 7. The van der Waals surface area contributed by atoms with E-state index in [-0.39, 0.29) is 0 Å². The van der Waals surface area contributed by atoms with Crippen LogP contribution in [0.25, 0.3) is 0 Å². The van der Waals surface area contributed by atoms with E-state index < -0.39 is 23.6 Å². The van der Waals surface area contributed by atoms with Crippen LogP contribution >= 0.6 is 0 Å². The highest BCUT2D eigenvalue weighted by Crippen LogP contribution is 2.51. The first-order valence-corrected chi connectivity index (χ1v) is 4.76. The largest absolute Gasteiger partial charge is 0.460 e. The molecular formula is C11H8F7. The zero-order valence-electron chi connectivity index (χ0n) is 9.03. The zero-order chi connectivity index (χ0) is 14.2. The molecule has 0 atom stereocenters. The number of rotatable bonds is 3. The van der Waals surface area contributed by atoms with Crippen LogP contribution in [-0.4, -0.2) is 12.1 Å². The molecule has 0 aliphatic heterocycles. The van der Waals surface area contributed by atoms with Crippen LogP contribution in [0.15, 0.2) is 24.3 Å². The average molecular weight is 273 g/mol. The van der Waals surface area contributed by atoms with Gasteiger partial charge in [-0.1, -0.05) is 31.2 Å². The van der Waals surface area contributed by atoms with Crippen molar-refractivity contribution in [2.45, 2.75) is 24.9 Å². The van der Waals surface area contributed by atoms with Crippen molar-refractivity contribution >= 4 is 0 Å². The molecule has 1 rings (SSSR count). The van der Waals surface area contributed by atoms with E-state index in [1.54, 1.807) is 6.92 Å². The van der Waals surface area contributed by atoms with E-state index in [0.29, 0.717) is 17.7 Å². The molecule has 0 aliphatic carbocycles. The van der Waals surface area contributed by atoms with Gasteiger partial charge in [-0.05, 0) is 12.0 Å². The van der Waals surface area contributed by atoms with E-state index >= 15 is 0 Å². The summed E-state index contributed by atoms with van der Waals surface area (Å²) < 4.78 is 87.5. The Balaban J connectivity index is 3.19. The number of hydrogen-bond acceptors (Lipinski definition) is 0. The van der Waals surface area contributed by atoms with Crippen molar-refractivity contribution in [3.8, 4) is 0 Å². The van der Waals surface area contributed by atoms with Crippen LogP contribution in [0, 0.1) is 6.42 Å². The van der Waals surface area contributed by atoms with Crippen molar-refractivity contribution in [3.63, 3.8) is 0 Å². The highest BCUT2D eigenvalue weighted by Gasteiger charge is 2.73. The Hall–Kier alpha value is -1.27. The Bertz CT molecular complexity index is 402. The lowest BCUT2D eigenvalue weighted by Gasteiger charge is -2.28. The van der Waals surface area contributed by atoms with Gasteiger partial charge in [0.2, 0.25) is 0 Å². The van der Waals surface area contributed by atoms with Gasteiger partial charge in [0.15, 0.2) is 0 Å². The summed E-state index contributed by atoms with van der Waals surface area (Å²) in [7, 11) is 0. The molecule has 0 saturated heterocycles. The molecule has 0 saturated carbocycles. The van der Waals surface area contributed by atoms with Crippen LogP contribution in [0.2, 0.25) is 0 Å². The molecule has 0 spiro atoms. The fourth-order valence-corrected chi connectivity index (χ4v) is 1.24. The summed E-state index contributed by atoms with van der Waals surface area (Å²) >= 11 is 0. The molecule has 0 aliphatic rings. The Morgan fingerprint density at radius 3 is 1.61 bits per heavy atom. The molecule has 0 amide bonds. The maximum atomic E-state index is 13.2. The quantitative estimate of drug-likeness (QED) is 0.709. The molecule has 7 heteroatoms. The summed E-state index contributed by atoms with van der Waals surface area (Å²) in [6.45, 7) is 1.57. The number of benzene rings is 1. The second-order valence-corrected chi connectivity index (χ2v) is 3.56. The van der Waals surface area contributed by atoms with Gasteiger partial charge >= 0.3 is 18.0 Å². The second kappa shape index (κ2) is 4.44. The minimum absolute atomic E-state index is 0.435. The van der Waals surface area contributed by atoms with Gasteiger partial charge in [-0.15, -0.1) is 0 Å². The SMILES string of the molecule is C[CH]c1ccc(C(F)(F)C(F)(F)C(F)(F)F)cc1. The van der Waals surface area contributed by atoms with E-state index in [1.165, 1.54) is 6.42 Å². The molecule has 0 aromatic heterocycles. The molecule has 0 bridgehead atoms. The molecule has 0 nitrogen and oxygen atoms in total. The van der Waals surface area contributed by atoms with Gasteiger partial charge in [0.1, 0.15) is 0 Å². The molecule has 1 radical (unpaired) electrons. The fourth-order valence-electron chi connectivity index (χ4n) is 1.24. The first kappa shape index (κ1) is 14.8. The van der Waals surface area contributed by atoms with Gasteiger partial charge in [0.05, 0.1) is 0 Å². The van der Waals surface area contributed by atoms with Crippen LogP contribution in [0.1, 0.15) is 18.1 Å². The number of hydrogen-bond donors (Lipinski definition) is 0. The van der Waals surface area contributed by atoms with Gasteiger partial charge in [0, 0.05) is 5.56 Å². The summed E-state index contributed by atoms with van der Waals surface area (Å²) in [6, 6.07) is 3.18. The molecule has 0 unspecified atom stereocenters. The molecule has 101 valence electrons. The minimum atomic E-state index is -6.31. The first-order valence-electron chi connectivity index (χ1n) is 4.76. The summed E-state index contributed by atoms with van der Waals surface area (Å²) in [5.41, 5.74) is -0.944. The van der Waals surface area contributed by atoms with Crippen molar-refractivity contribution in [2.24, 2.45) is 0 Å². The standard InChI is InChI=1S/C11H8F7/c1-2-7-3-5-8(6-4-7)9(12,13)10(14,15)11(16,17)18/h2-6H,1H3. The van der Waals surface area contributed by atoms with Gasteiger partial charge < -0.3 is 0 Å². The molecule has 0 fully saturated rings. The third-order valence-corrected chi connectivity index (χ3v) is 2.36. The third kappa shape index (κ3) is 2.30. The molecular weight excluding hydrogens is 265 g/mol. The second-order valence-electron chi connectivity index (χ2n) is 3.56. The topological polar surface area (TPSA) is 0 Å². The van der Waals surface area contributed by atoms with Crippen molar-refractivity contribution in [2.75, 3.05) is 0 Å². The third-order valence-electron chi connectivity index (χ3n) is 2.36. The monoisotopic (exact) mass is 273 g/mol. The van der Waals surface area contributed by atoms with Crippen LogP contribution in [0.5, 0.6) is 0 Å². The van der Waals surface area contributed by atoms with Crippen LogP contribution in [-0.2, 0) is 5.92 Å². The van der Waals surface area contributed by atoms with Crippen LogP contribution in [0.3, 0.4) is 0 Å². The predicted molar refractivity (Wildman–Crippen MR) is 50.4 cm³/mol. The van der Waals surface area contributed by atoms with Crippen molar-refractivity contribution < 1.29 is 30.7 Å². The highest BCUT2D eigenvalue weighted by molar-refractivity contribution is 5.30. The van der Waals surface area contributed by atoms with Gasteiger partial charge in [-0.3, -0.25) is 0 Å². The van der Waals surface area contributed by atoms with E-state index in [2.05, 4.69) is 0 Å². The van der Waals surface area contributed by atoms with Crippen LogP contribution < -0.4 is 0 Å². The predicted octanol–water partition coefficient (Wildman–Crippen LogP) is 4.55. The summed E-state index contributed by atoms with van der Waals surface area (Å²) in [5.74, 6) is -11.4. The molecule has 0 N–H and O–H groups in total. The average Bonchev–Trinajstić information content (AvgIpc) is 2.27. The lowest BCUT2D eigenvalue weighted by molar-refractivity contribution is -0.359. The van der Waals surface area contributed by atoms with Crippen LogP contribution in [0.4, 0.5) is 30.7 Å². The van der Waals surface area contributed by atoms with E-state index in [4.69, 9.17) is 0 Å². The van der Waals surface area contributed by atoms with Gasteiger partial charge in [-0.2, -0.15) is 30.7 Å². The Labute approximate surface area is 98.4 Å². The normalized spacial score (nSPS) is 13.8. The minimum Gasteiger partial charge on any atom is -0.194 e. The summed E-state index contributed by atoms with van der Waals surface area (Å²) in [5, 5.41) is 0. The van der Waals surface area contributed by atoms with E-state index in [0.717, 1.165) is 12.1 Å². The van der Waals surface area contributed by atoms with E-state index in [1.807, 2.05) is 0 Å². The number of alkyl halides is 7. The fraction of sp³-hybridized carbons (Fsp3) is 0.364. The Morgan fingerprint density at radius 1 is 0.833 bits per heavy atom. The lowest BCUT2D eigenvalue weighted by atomic mass is 10.00. The molecule has 1 aromatic rings. The lowest BCUT2D eigenvalue weighted by Crippen LogP contribution is -2.50. The smallest absolute Gasteiger partial charge is 0.194 e. The highest BCUT2D eigenvalue weighted by atomic mass is 19.4. The molecule has 0 heterocycles. The maximum Gasteiger partial charge on any atom is 0.460 e. The Morgan fingerprint density at radius 2 is 1.28 bits per heavy atom. The first-order chi connectivity index (χ1) is 8.04. The summed E-state index contributed by atoms with van der Waals surface area (Å²) in [6.07, 6.45) is -4.82. The molecule has 18 heavy (non-hydrogen) atoms. The molecule has 1 aromatic carbocycles. The Kier molecular flexibility index (Phi) is 3.65. The van der Waals surface area contributed by atoms with Crippen molar-refractivity contribution in [1.29, 1.82) is 0 Å². The zero-order valence-corrected chi connectivity index (χ0v) is 9.03. The van der Waals surface area contributed by atoms with E-state index in [9.17, 15) is 30.7 Å². The summed E-state index contributed by atoms with van der Waals surface area (Å²) in [4.78, 5) is 0. The van der Waals surface area contributed by atoms with Gasteiger partial charge in [0.25, 0.3) is 0 Å². The van der Waals surface area contributed by atoms with Gasteiger partial charge in [-0.25, -0.2) is 0 Å².